The molecule has 1 aliphatic carbocycles. The van der Waals surface area contributed by atoms with E-state index in [0.29, 0.717) is 29.7 Å². The van der Waals surface area contributed by atoms with Crippen molar-refractivity contribution < 1.29 is 18.9 Å². The molecule has 0 aromatic carbocycles. The molecule has 166 valence electrons. The summed E-state index contributed by atoms with van der Waals surface area (Å²) in [4.78, 5) is 27.1. The van der Waals surface area contributed by atoms with Crippen LogP contribution in [0.3, 0.4) is 0 Å². The Morgan fingerprint density at radius 3 is 2.13 bits per heavy atom. The first kappa shape index (κ1) is 23.2. The van der Waals surface area contributed by atoms with Gasteiger partial charge in [-0.15, -0.1) is 4.57 Å². The summed E-state index contributed by atoms with van der Waals surface area (Å²) in [6, 6.07) is 4.20. The van der Waals surface area contributed by atoms with Crippen molar-refractivity contribution in [2.75, 3.05) is 6.61 Å². The van der Waals surface area contributed by atoms with E-state index in [2.05, 4.69) is 74.6 Å². The molecule has 0 unspecified atom stereocenters. The summed E-state index contributed by atoms with van der Waals surface area (Å²) < 4.78 is 7.31. The van der Waals surface area contributed by atoms with Crippen LogP contribution in [0.25, 0.3) is 0 Å². The fourth-order valence-corrected chi connectivity index (χ4v) is 13.8. The van der Waals surface area contributed by atoms with Crippen LogP contribution in [0.5, 0.6) is 0 Å². The van der Waals surface area contributed by atoms with Crippen LogP contribution in [0.1, 0.15) is 79.9 Å². The fourth-order valence-electron chi connectivity index (χ4n) is 7.10. The largest absolute Gasteiger partial charge is 0.464 e. The lowest BCUT2D eigenvalue weighted by Gasteiger charge is -2.48. The highest BCUT2D eigenvalue weighted by Crippen LogP contribution is 2.65. The van der Waals surface area contributed by atoms with Gasteiger partial charge in [-0.1, -0.05) is 68.4 Å². The Morgan fingerprint density at radius 1 is 1.03 bits per heavy atom. The van der Waals surface area contributed by atoms with Crippen LogP contribution in [-0.2, 0) is 9.53 Å². The first-order valence-corrected chi connectivity index (χ1v) is 13.8. The van der Waals surface area contributed by atoms with Gasteiger partial charge in [0.25, 0.3) is 0 Å². The van der Waals surface area contributed by atoms with Crippen LogP contribution in [0.4, 0.5) is 0 Å². The summed E-state index contributed by atoms with van der Waals surface area (Å²) in [6.07, 6.45) is 5.28. The van der Waals surface area contributed by atoms with E-state index in [9.17, 15) is 9.59 Å². The molecule has 1 aromatic rings. The number of nitrogens with zero attached hydrogens (tertiary/aromatic N) is 1. The minimum atomic E-state index is -1.91. The highest BCUT2D eigenvalue weighted by atomic mass is 28.3. The third-order valence-electron chi connectivity index (χ3n) is 9.26. The number of cyclic esters (lactones) is 1. The molecule has 3 rings (SSSR count). The monoisotopic (exact) mass is 430 g/mol. The van der Waals surface area contributed by atoms with Crippen molar-refractivity contribution in [3.05, 3.63) is 24.5 Å². The molecule has 1 saturated carbocycles. The van der Waals surface area contributed by atoms with Crippen LogP contribution in [0.15, 0.2) is 24.5 Å². The molecular weight excluding hydrogens is 390 g/mol. The van der Waals surface area contributed by atoms with Crippen molar-refractivity contribution in [1.29, 1.82) is 0 Å². The normalized spacial score (nSPS) is 28.3. The molecule has 2 aliphatic rings. The topological polar surface area (TPSA) is 47.2 Å². The van der Waals surface area contributed by atoms with E-state index in [4.69, 9.17) is 4.74 Å². The zero-order valence-corrected chi connectivity index (χ0v) is 21.3. The maximum atomic E-state index is 14.0. The Bertz CT molecular complexity index is 838. The fraction of sp³-hybridized carbons (Fsp3) is 0.720. The van der Waals surface area contributed by atoms with E-state index in [-0.39, 0.29) is 17.3 Å². The van der Waals surface area contributed by atoms with Crippen molar-refractivity contribution in [2.24, 2.45) is 16.2 Å². The summed E-state index contributed by atoms with van der Waals surface area (Å²) in [7, 11) is -1.91. The van der Waals surface area contributed by atoms with Gasteiger partial charge < -0.3 is 4.74 Å². The second-order valence-corrected chi connectivity index (χ2v) is 17.3. The number of carbonyl (C=O) groups is 2. The number of hydrogen-bond acceptors (Lipinski definition) is 3. The Morgan fingerprint density at radius 2 is 1.60 bits per heavy atom. The van der Waals surface area contributed by atoms with Crippen molar-refractivity contribution in [3.8, 4) is 0 Å². The zero-order valence-electron chi connectivity index (χ0n) is 20.3. The number of ether oxygens (including phenoxy) is 1. The minimum Gasteiger partial charge on any atom is -0.464 e. The molecule has 0 N–H and O–H groups in total. The Labute approximate surface area is 183 Å². The summed E-state index contributed by atoms with van der Waals surface area (Å²) in [6.45, 7) is 20.7. The van der Waals surface area contributed by atoms with E-state index >= 15 is 0 Å². The number of rotatable bonds is 5. The molecule has 0 amide bonds. The molecule has 2 fully saturated rings. The number of carbonyl (C=O) groups excluding carboxylic acids is 2. The van der Waals surface area contributed by atoms with E-state index in [1.807, 2.05) is 12.3 Å². The number of fused-ring (bicyclic) bond motifs is 2. The minimum absolute atomic E-state index is 0.123. The molecule has 30 heavy (non-hydrogen) atoms. The van der Waals surface area contributed by atoms with E-state index in [1.54, 1.807) is 4.57 Å². The smallest absolute Gasteiger partial charge is 0.410 e. The first-order valence-electron chi connectivity index (χ1n) is 11.5. The molecule has 1 aliphatic heterocycles. The van der Waals surface area contributed by atoms with E-state index in [0.717, 1.165) is 6.42 Å². The van der Waals surface area contributed by atoms with Crippen LogP contribution in [-0.4, -0.2) is 26.6 Å². The molecule has 5 heteroatoms. The predicted octanol–water partition coefficient (Wildman–Crippen LogP) is 4.87. The Balaban J connectivity index is 2.15. The average molecular weight is 431 g/mol. The summed E-state index contributed by atoms with van der Waals surface area (Å²) in [5.74, 6) is -0.465. The van der Waals surface area contributed by atoms with Crippen LogP contribution < -0.4 is 9.75 Å². The maximum Gasteiger partial charge on any atom is 0.410 e. The van der Waals surface area contributed by atoms with Gasteiger partial charge in [0, 0.05) is 22.1 Å². The van der Waals surface area contributed by atoms with Gasteiger partial charge in [0.15, 0.2) is 17.8 Å². The molecular formula is C25H40NO3Si+. The number of aromatic nitrogens is 1. The number of pyridine rings is 1. The molecule has 0 spiro atoms. The van der Waals surface area contributed by atoms with Crippen molar-refractivity contribution in [3.63, 3.8) is 0 Å². The van der Waals surface area contributed by atoms with Gasteiger partial charge in [0.2, 0.25) is 0 Å². The second-order valence-electron chi connectivity index (χ2n) is 11.4. The van der Waals surface area contributed by atoms with E-state index < -0.39 is 18.9 Å². The molecule has 4 nitrogen and oxygen atoms in total. The van der Waals surface area contributed by atoms with Crippen molar-refractivity contribution in [1.82, 2.24) is 0 Å². The molecule has 2 heterocycles. The molecule has 1 aromatic heterocycles. The van der Waals surface area contributed by atoms with Crippen LogP contribution in [0, 0.1) is 16.2 Å². The predicted molar refractivity (Wildman–Crippen MR) is 122 cm³/mol. The van der Waals surface area contributed by atoms with Gasteiger partial charge >= 0.3 is 11.9 Å². The molecule has 2 atom stereocenters. The third kappa shape index (κ3) is 2.73. The lowest BCUT2D eigenvalue weighted by atomic mass is 9.57. The summed E-state index contributed by atoms with van der Waals surface area (Å²) in [5.41, 5.74) is -0.0763. The van der Waals surface area contributed by atoms with Crippen molar-refractivity contribution in [2.45, 2.75) is 91.8 Å². The third-order valence-corrected chi connectivity index (χ3v) is 16.3. The standard InChI is InChI=1S/C25H40NO3Si/c1-17(2)30(18(3)4,19(5)6)20-11-10-14-26(15-20)21(27)25-13-12-24(9,23(25,7)8)16-29-22(25)28/h10-11,14-15,17-19H,12-13,16H2,1-9H3/q+1/t24-,25-/m1/s1. The zero-order chi connectivity index (χ0) is 22.7. The van der Waals surface area contributed by atoms with Gasteiger partial charge in [-0.25, -0.2) is 4.79 Å². The number of esters is 1. The lowest BCUT2D eigenvalue weighted by molar-refractivity contribution is -0.580. The summed E-state index contributed by atoms with van der Waals surface area (Å²) >= 11 is 0. The SMILES string of the molecule is CC(C)[Si](c1ccc[n+](C(=O)[C@]23CC[C@](C)(COC2=O)C3(C)C)c1)(C(C)C)C(C)C. The van der Waals surface area contributed by atoms with Gasteiger partial charge in [0.05, 0.1) is 6.61 Å². The van der Waals surface area contributed by atoms with Crippen LogP contribution in [0.2, 0.25) is 16.6 Å². The molecule has 0 radical (unpaired) electrons. The number of hydrogen-bond donors (Lipinski definition) is 0. The molecule has 2 bridgehead atoms. The highest BCUT2D eigenvalue weighted by Gasteiger charge is 2.74. The van der Waals surface area contributed by atoms with E-state index in [1.165, 1.54) is 5.19 Å². The van der Waals surface area contributed by atoms with Crippen molar-refractivity contribution >= 4 is 25.1 Å². The Kier molecular flexibility index (Phi) is 5.63. The Hall–Kier alpha value is -1.49. The van der Waals surface area contributed by atoms with Crippen LogP contribution >= 0.6 is 0 Å². The molecule has 1 saturated heterocycles. The summed E-state index contributed by atoms with van der Waals surface area (Å²) in [5, 5.41) is 1.30. The highest BCUT2D eigenvalue weighted by molar-refractivity contribution is 6.94. The average Bonchev–Trinajstić information content (AvgIpc) is 2.76. The van der Waals surface area contributed by atoms with Gasteiger partial charge in [0.1, 0.15) is 8.07 Å². The second kappa shape index (κ2) is 7.28. The quantitative estimate of drug-likeness (QED) is 0.290. The lowest BCUT2D eigenvalue weighted by Crippen LogP contribution is -2.66. The van der Waals surface area contributed by atoms with Gasteiger partial charge in [-0.05, 0) is 29.5 Å². The first-order chi connectivity index (χ1) is 13.8. The van der Waals surface area contributed by atoms with Gasteiger partial charge in [-0.2, -0.15) is 0 Å². The maximum absolute atomic E-state index is 14.0. The van der Waals surface area contributed by atoms with Gasteiger partial charge in [-0.3, -0.25) is 4.79 Å².